The van der Waals surface area contributed by atoms with Gasteiger partial charge in [-0.3, -0.25) is 14.8 Å². The molecule has 1 unspecified atom stereocenters. The average Bonchev–Trinajstić information content (AvgIpc) is 3.07. The van der Waals surface area contributed by atoms with Crippen molar-refractivity contribution in [2.75, 3.05) is 18.0 Å². The van der Waals surface area contributed by atoms with E-state index < -0.39 is 0 Å². The van der Waals surface area contributed by atoms with E-state index >= 15 is 0 Å². The standard InChI is InChI=1S/C15H19N5O3/c21-11-12-3-4-14(20(22)23)15(8-12)18-6-1-2-13(9-18)10-19-7-5-16-17-19/h3-5,7-8,13,21H,1-2,6,9-11H2. The minimum Gasteiger partial charge on any atom is -0.392 e. The number of nitrogens with zero attached hydrogens (tertiary/aromatic N) is 5. The zero-order valence-corrected chi connectivity index (χ0v) is 12.7. The molecular formula is C15H19N5O3. The summed E-state index contributed by atoms with van der Waals surface area (Å²) in [6, 6.07) is 4.79. The average molecular weight is 317 g/mol. The Morgan fingerprint density at radius 1 is 1.43 bits per heavy atom. The Kier molecular flexibility index (Phi) is 4.52. The number of aliphatic hydroxyl groups is 1. The number of rotatable bonds is 5. The maximum absolute atomic E-state index is 11.3. The van der Waals surface area contributed by atoms with Crippen molar-refractivity contribution in [2.24, 2.45) is 5.92 Å². The quantitative estimate of drug-likeness (QED) is 0.664. The van der Waals surface area contributed by atoms with Gasteiger partial charge in [0.2, 0.25) is 0 Å². The molecule has 2 heterocycles. The lowest BCUT2D eigenvalue weighted by Crippen LogP contribution is -2.37. The Morgan fingerprint density at radius 2 is 2.30 bits per heavy atom. The van der Waals surface area contributed by atoms with Crippen molar-refractivity contribution in [3.63, 3.8) is 0 Å². The number of hydrogen-bond donors (Lipinski definition) is 1. The molecule has 0 saturated carbocycles. The monoisotopic (exact) mass is 317 g/mol. The van der Waals surface area contributed by atoms with Crippen LogP contribution in [0.25, 0.3) is 0 Å². The Labute approximate surface area is 133 Å². The fourth-order valence-electron chi connectivity index (χ4n) is 3.10. The molecule has 8 heteroatoms. The van der Waals surface area contributed by atoms with E-state index in [0.717, 1.165) is 32.5 Å². The van der Waals surface area contributed by atoms with E-state index in [-0.39, 0.29) is 17.2 Å². The highest BCUT2D eigenvalue weighted by Crippen LogP contribution is 2.32. The lowest BCUT2D eigenvalue weighted by atomic mass is 9.97. The number of aromatic nitrogens is 3. The first kappa shape index (κ1) is 15.4. The molecule has 122 valence electrons. The number of benzene rings is 1. The molecule has 8 nitrogen and oxygen atoms in total. The van der Waals surface area contributed by atoms with Crippen LogP contribution in [0.2, 0.25) is 0 Å². The second-order valence-corrected chi connectivity index (χ2v) is 5.82. The lowest BCUT2D eigenvalue weighted by molar-refractivity contribution is -0.384. The smallest absolute Gasteiger partial charge is 0.292 e. The molecule has 2 aromatic rings. The van der Waals surface area contributed by atoms with Gasteiger partial charge >= 0.3 is 0 Å². The van der Waals surface area contributed by atoms with Gasteiger partial charge in [-0.1, -0.05) is 5.21 Å². The Morgan fingerprint density at radius 3 is 3.00 bits per heavy atom. The number of nitro groups is 1. The Bertz CT molecular complexity index is 674. The second kappa shape index (κ2) is 6.74. The van der Waals surface area contributed by atoms with E-state index in [9.17, 15) is 15.2 Å². The summed E-state index contributed by atoms with van der Waals surface area (Å²) in [5.74, 6) is 0.364. The normalized spacial score (nSPS) is 18.1. The summed E-state index contributed by atoms with van der Waals surface area (Å²) < 4.78 is 1.80. The summed E-state index contributed by atoms with van der Waals surface area (Å²) in [6.45, 7) is 2.14. The Hall–Kier alpha value is -2.48. The SMILES string of the molecule is O=[N+]([O-])c1ccc(CO)cc1N1CCCC(Cn2ccnn2)C1. The highest BCUT2D eigenvalue weighted by Gasteiger charge is 2.26. The molecule has 1 aromatic heterocycles. The number of piperidine rings is 1. The molecule has 1 aliphatic heterocycles. The first-order valence-electron chi connectivity index (χ1n) is 7.64. The largest absolute Gasteiger partial charge is 0.392 e. The topological polar surface area (TPSA) is 97.3 Å². The predicted octanol–water partition coefficient (Wildman–Crippen LogP) is 1.60. The maximum atomic E-state index is 11.3. The van der Waals surface area contributed by atoms with Crippen molar-refractivity contribution in [3.8, 4) is 0 Å². The van der Waals surface area contributed by atoms with Gasteiger partial charge in [0, 0.05) is 31.9 Å². The van der Waals surface area contributed by atoms with Crippen LogP contribution < -0.4 is 4.90 Å². The fraction of sp³-hybridized carbons (Fsp3) is 0.467. The molecule has 0 amide bonds. The van der Waals surface area contributed by atoms with Gasteiger partial charge < -0.3 is 10.0 Å². The van der Waals surface area contributed by atoms with Crippen LogP contribution in [0, 0.1) is 16.0 Å². The van der Waals surface area contributed by atoms with Gasteiger partial charge in [0.1, 0.15) is 5.69 Å². The van der Waals surface area contributed by atoms with Crippen molar-refractivity contribution in [2.45, 2.75) is 26.0 Å². The second-order valence-electron chi connectivity index (χ2n) is 5.82. The molecule has 0 radical (unpaired) electrons. The highest BCUT2D eigenvalue weighted by atomic mass is 16.6. The molecule has 3 rings (SSSR count). The van der Waals surface area contributed by atoms with Crippen LogP contribution in [0.1, 0.15) is 18.4 Å². The first-order chi connectivity index (χ1) is 11.2. The summed E-state index contributed by atoms with van der Waals surface area (Å²) in [6.07, 6.45) is 5.51. The van der Waals surface area contributed by atoms with Crippen LogP contribution in [-0.4, -0.2) is 38.1 Å². The van der Waals surface area contributed by atoms with Crippen LogP contribution in [0.3, 0.4) is 0 Å². The van der Waals surface area contributed by atoms with Crippen molar-refractivity contribution < 1.29 is 10.0 Å². The van der Waals surface area contributed by atoms with Crippen molar-refractivity contribution >= 4 is 11.4 Å². The predicted molar refractivity (Wildman–Crippen MR) is 84.0 cm³/mol. The molecule has 1 saturated heterocycles. The summed E-state index contributed by atoms with van der Waals surface area (Å²) in [5, 5.41) is 28.4. The van der Waals surface area contributed by atoms with E-state index in [4.69, 9.17) is 0 Å². The van der Waals surface area contributed by atoms with E-state index in [1.165, 1.54) is 6.07 Å². The summed E-state index contributed by atoms with van der Waals surface area (Å²) >= 11 is 0. The summed E-state index contributed by atoms with van der Waals surface area (Å²) in [4.78, 5) is 13.0. The van der Waals surface area contributed by atoms with E-state index in [1.807, 2.05) is 11.1 Å². The fourth-order valence-corrected chi connectivity index (χ4v) is 3.10. The molecule has 1 N–H and O–H groups in total. The number of aliphatic hydroxyl groups excluding tert-OH is 1. The van der Waals surface area contributed by atoms with Gasteiger partial charge in [0.15, 0.2) is 0 Å². The molecule has 1 fully saturated rings. The van der Waals surface area contributed by atoms with Gasteiger partial charge in [-0.15, -0.1) is 5.10 Å². The molecular weight excluding hydrogens is 298 g/mol. The van der Waals surface area contributed by atoms with Crippen LogP contribution in [0.4, 0.5) is 11.4 Å². The number of hydrogen-bond acceptors (Lipinski definition) is 6. The molecule has 1 atom stereocenters. The summed E-state index contributed by atoms with van der Waals surface area (Å²) in [5.41, 5.74) is 1.36. The maximum Gasteiger partial charge on any atom is 0.292 e. The first-order valence-corrected chi connectivity index (χ1v) is 7.64. The van der Waals surface area contributed by atoms with Crippen LogP contribution in [-0.2, 0) is 13.2 Å². The van der Waals surface area contributed by atoms with Gasteiger partial charge in [-0.2, -0.15) is 0 Å². The van der Waals surface area contributed by atoms with Gasteiger partial charge in [-0.05, 0) is 36.5 Å². The van der Waals surface area contributed by atoms with Crippen molar-refractivity contribution in [1.29, 1.82) is 0 Å². The van der Waals surface area contributed by atoms with E-state index in [0.29, 0.717) is 17.2 Å². The summed E-state index contributed by atoms with van der Waals surface area (Å²) in [7, 11) is 0. The van der Waals surface area contributed by atoms with Crippen molar-refractivity contribution in [3.05, 3.63) is 46.3 Å². The van der Waals surface area contributed by atoms with Crippen LogP contribution in [0.15, 0.2) is 30.6 Å². The third-order valence-electron chi connectivity index (χ3n) is 4.20. The minimum atomic E-state index is -0.364. The highest BCUT2D eigenvalue weighted by molar-refractivity contribution is 5.64. The van der Waals surface area contributed by atoms with Gasteiger partial charge in [0.25, 0.3) is 5.69 Å². The minimum absolute atomic E-state index is 0.0867. The van der Waals surface area contributed by atoms with Crippen LogP contribution >= 0.6 is 0 Å². The van der Waals surface area contributed by atoms with Gasteiger partial charge in [0.05, 0.1) is 17.7 Å². The zero-order valence-electron chi connectivity index (χ0n) is 12.7. The molecule has 1 aliphatic rings. The molecule has 0 aliphatic carbocycles. The van der Waals surface area contributed by atoms with E-state index in [2.05, 4.69) is 10.3 Å². The third-order valence-corrected chi connectivity index (χ3v) is 4.20. The van der Waals surface area contributed by atoms with E-state index in [1.54, 1.807) is 23.0 Å². The molecule has 0 spiro atoms. The number of nitro benzene ring substituents is 1. The Balaban J connectivity index is 1.81. The van der Waals surface area contributed by atoms with Gasteiger partial charge in [-0.25, -0.2) is 0 Å². The van der Waals surface area contributed by atoms with Crippen molar-refractivity contribution in [1.82, 2.24) is 15.0 Å². The molecule has 1 aromatic carbocycles. The van der Waals surface area contributed by atoms with Crippen LogP contribution in [0.5, 0.6) is 0 Å². The zero-order chi connectivity index (χ0) is 16.2. The molecule has 23 heavy (non-hydrogen) atoms. The third kappa shape index (κ3) is 3.48. The number of anilines is 1. The lowest BCUT2D eigenvalue weighted by Gasteiger charge is -2.34. The molecule has 0 bridgehead atoms.